The van der Waals surface area contributed by atoms with Crippen LogP contribution in [0.25, 0.3) is 11.6 Å². The molecule has 2 rings (SSSR count). The van der Waals surface area contributed by atoms with Gasteiger partial charge in [0.25, 0.3) is 0 Å². The smallest absolute Gasteiger partial charge is 0.338 e. The predicted octanol–water partition coefficient (Wildman–Crippen LogP) is 2.76. The molecule has 0 unspecified atom stereocenters. The summed E-state index contributed by atoms with van der Waals surface area (Å²) >= 11 is 0. The molecule has 0 bridgehead atoms. The molecule has 1 N–H and O–H groups in total. The maximum atomic E-state index is 12.1. The Morgan fingerprint density at radius 2 is 1.60 bits per heavy atom. The summed E-state index contributed by atoms with van der Waals surface area (Å²) in [5.41, 5.74) is 2.19. The van der Waals surface area contributed by atoms with Crippen molar-refractivity contribution in [2.75, 3.05) is 13.2 Å². The van der Waals surface area contributed by atoms with E-state index in [1.807, 2.05) is 60.7 Å². The van der Waals surface area contributed by atoms with Crippen LogP contribution in [-0.4, -0.2) is 24.3 Å². The predicted molar refractivity (Wildman–Crippen MR) is 78.8 cm³/mol. The highest BCUT2D eigenvalue weighted by molar-refractivity contribution is 6.21. The third-order valence-corrected chi connectivity index (χ3v) is 2.74. The molecular formula is C17H16O3. The molecule has 0 aliphatic carbocycles. The number of hydrogen-bond acceptors (Lipinski definition) is 3. The monoisotopic (exact) mass is 268 g/mol. The summed E-state index contributed by atoms with van der Waals surface area (Å²) in [6.45, 7) is -0.184. The fourth-order valence-corrected chi connectivity index (χ4v) is 1.81. The molecule has 20 heavy (non-hydrogen) atoms. The molecular weight excluding hydrogens is 252 g/mol. The molecule has 0 aliphatic heterocycles. The highest BCUT2D eigenvalue weighted by atomic mass is 16.5. The Balaban J connectivity index is 2.34. The van der Waals surface area contributed by atoms with Crippen LogP contribution in [0.1, 0.15) is 11.1 Å². The second-order valence-electron chi connectivity index (χ2n) is 4.19. The first-order valence-corrected chi connectivity index (χ1v) is 6.41. The van der Waals surface area contributed by atoms with Crippen molar-refractivity contribution in [1.82, 2.24) is 0 Å². The molecule has 2 aromatic rings. The summed E-state index contributed by atoms with van der Waals surface area (Å²) < 4.78 is 5.02. The van der Waals surface area contributed by atoms with E-state index in [1.165, 1.54) is 0 Å². The molecule has 0 heterocycles. The van der Waals surface area contributed by atoms with Crippen LogP contribution in [-0.2, 0) is 9.53 Å². The third kappa shape index (κ3) is 3.80. The number of aliphatic hydroxyl groups is 1. The summed E-state index contributed by atoms with van der Waals surface area (Å²) in [6.07, 6.45) is 1.79. The molecule has 3 nitrogen and oxygen atoms in total. The molecule has 0 aromatic heterocycles. The van der Waals surface area contributed by atoms with E-state index in [0.717, 1.165) is 11.1 Å². The zero-order valence-corrected chi connectivity index (χ0v) is 11.0. The van der Waals surface area contributed by atoms with Gasteiger partial charge in [-0.3, -0.25) is 0 Å². The van der Waals surface area contributed by atoms with Crippen molar-refractivity contribution in [3.05, 3.63) is 71.8 Å². The second-order valence-corrected chi connectivity index (χ2v) is 4.19. The van der Waals surface area contributed by atoms with Crippen LogP contribution in [0.5, 0.6) is 0 Å². The van der Waals surface area contributed by atoms with Crippen LogP contribution in [0, 0.1) is 0 Å². The Bertz CT molecular complexity index is 574. The molecule has 0 radical (unpaired) electrons. The summed E-state index contributed by atoms with van der Waals surface area (Å²) in [4.78, 5) is 12.1. The fraction of sp³-hybridized carbons (Fsp3) is 0.118. The van der Waals surface area contributed by atoms with Gasteiger partial charge in [0, 0.05) is 0 Å². The van der Waals surface area contributed by atoms with Crippen LogP contribution in [0.2, 0.25) is 0 Å². The van der Waals surface area contributed by atoms with Crippen LogP contribution >= 0.6 is 0 Å². The topological polar surface area (TPSA) is 46.5 Å². The molecule has 0 aliphatic rings. The molecule has 0 amide bonds. The van der Waals surface area contributed by atoms with Gasteiger partial charge in [-0.1, -0.05) is 60.7 Å². The first-order chi connectivity index (χ1) is 9.81. The van der Waals surface area contributed by atoms with Gasteiger partial charge >= 0.3 is 5.97 Å². The molecule has 2 aromatic carbocycles. The van der Waals surface area contributed by atoms with E-state index in [0.29, 0.717) is 5.57 Å². The first kappa shape index (κ1) is 14.0. The van der Waals surface area contributed by atoms with E-state index < -0.39 is 5.97 Å². The number of rotatable bonds is 5. The normalized spacial score (nSPS) is 11.2. The van der Waals surface area contributed by atoms with Crippen molar-refractivity contribution >= 4 is 17.6 Å². The van der Waals surface area contributed by atoms with E-state index in [1.54, 1.807) is 6.08 Å². The highest BCUT2D eigenvalue weighted by Crippen LogP contribution is 2.19. The van der Waals surface area contributed by atoms with E-state index in [2.05, 4.69) is 0 Å². The minimum absolute atomic E-state index is 0.00219. The van der Waals surface area contributed by atoms with E-state index in [-0.39, 0.29) is 13.2 Å². The first-order valence-electron chi connectivity index (χ1n) is 6.41. The van der Waals surface area contributed by atoms with Crippen LogP contribution in [0.4, 0.5) is 0 Å². The lowest BCUT2D eigenvalue weighted by Crippen LogP contribution is -2.10. The van der Waals surface area contributed by atoms with Crippen LogP contribution < -0.4 is 0 Å². The van der Waals surface area contributed by atoms with Crippen molar-refractivity contribution in [2.24, 2.45) is 0 Å². The minimum atomic E-state index is -0.436. The van der Waals surface area contributed by atoms with Crippen LogP contribution in [0.3, 0.4) is 0 Å². The zero-order chi connectivity index (χ0) is 14.2. The van der Waals surface area contributed by atoms with Gasteiger partial charge in [-0.05, 0) is 17.2 Å². The lowest BCUT2D eigenvalue weighted by molar-refractivity contribution is -0.137. The number of carbonyl (C=O) groups excluding carboxylic acids is 1. The van der Waals surface area contributed by atoms with Crippen molar-refractivity contribution in [3.8, 4) is 0 Å². The standard InChI is InChI=1S/C17H16O3/c18-11-12-20-17(19)16(15-9-5-2-6-10-15)13-14-7-3-1-4-8-14/h1-10,13,18H,11-12H2. The second kappa shape index (κ2) is 7.26. The van der Waals surface area contributed by atoms with Gasteiger partial charge in [-0.25, -0.2) is 4.79 Å². The molecule has 3 heteroatoms. The molecule has 0 spiro atoms. The quantitative estimate of drug-likeness (QED) is 0.515. The SMILES string of the molecule is O=C(OCCO)C(=Cc1ccccc1)c1ccccc1. The van der Waals surface area contributed by atoms with Gasteiger partial charge in [0.1, 0.15) is 6.61 Å². The van der Waals surface area contributed by atoms with Crippen LogP contribution in [0.15, 0.2) is 60.7 Å². The van der Waals surface area contributed by atoms with Gasteiger partial charge < -0.3 is 9.84 Å². The van der Waals surface area contributed by atoms with Gasteiger partial charge in [-0.2, -0.15) is 0 Å². The van der Waals surface area contributed by atoms with Crippen molar-refractivity contribution < 1.29 is 14.6 Å². The molecule has 102 valence electrons. The zero-order valence-electron chi connectivity index (χ0n) is 11.0. The summed E-state index contributed by atoms with van der Waals surface area (Å²) in [5, 5.41) is 8.76. The van der Waals surface area contributed by atoms with Gasteiger partial charge in [0.05, 0.1) is 12.2 Å². The van der Waals surface area contributed by atoms with Crippen molar-refractivity contribution in [2.45, 2.75) is 0 Å². The average Bonchev–Trinajstić information content (AvgIpc) is 2.52. The highest BCUT2D eigenvalue weighted by Gasteiger charge is 2.13. The van der Waals surface area contributed by atoms with Gasteiger partial charge in [0.15, 0.2) is 0 Å². The van der Waals surface area contributed by atoms with Gasteiger partial charge in [-0.15, -0.1) is 0 Å². The van der Waals surface area contributed by atoms with E-state index >= 15 is 0 Å². The maximum Gasteiger partial charge on any atom is 0.338 e. The van der Waals surface area contributed by atoms with Crippen molar-refractivity contribution in [1.29, 1.82) is 0 Å². The lowest BCUT2D eigenvalue weighted by Gasteiger charge is -2.08. The summed E-state index contributed by atoms with van der Waals surface area (Å²) in [5.74, 6) is -0.436. The minimum Gasteiger partial charge on any atom is -0.460 e. The number of benzene rings is 2. The Kier molecular flexibility index (Phi) is 5.09. The Morgan fingerprint density at radius 3 is 2.20 bits per heavy atom. The number of aliphatic hydroxyl groups excluding tert-OH is 1. The molecule has 0 atom stereocenters. The fourth-order valence-electron chi connectivity index (χ4n) is 1.81. The largest absolute Gasteiger partial charge is 0.460 e. The number of carbonyl (C=O) groups is 1. The van der Waals surface area contributed by atoms with E-state index in [9.17, 15) is 4.79 Å². The average molecular weight is 268 g/mol. The Morgan fingerprint density at radius 1 is 1.00 bits per heavy atom. The summed E-state index contributed by atoms with van der Waals surface area (Å²) in [6, 6.07) is 18.9. The number of esters is 1. The Labute approximate surface area is 118 Å². The number of hydrogen-bond donors (Lipinski definition) is 1. The summed E-state index contributed by atoms with van der Waals surface area (Å²) in [7, 11) is 0. The van der Waals surface area contributed by atoms with E-state index in [4.69, 9.17) is 9.84 Å². The molecule has 0 fully saturated rings. The lowest BCUT2D eigenvalue weighted by atomic mass is 10.0. The van der Waals surface area contributed by atoms with Gasteiger partial charge in [0.2, 0.25) is 0 Å². The number of ether oxygens (including phenoxy) is 1. The third-order valence-electron chi connectivity index (χ3n) is 2.74. The molecule has 0 saturated heterocycles. The molecule has 0 saturated carbocycles. The Hall–Kier alpha value is -2.39. The van der Waals surface area contributed by atoms with Crippen molar-refractivity contribution in [3.63, 3.8) is 0 Å². The maximum absolute atomic E-state index is 12.1.